The van der Waals surface area contributed by atoms with Gasteiger partial charge in [0.05, 0.1) is 30.0 Å². The first kappa shape index (κ1) is 13.1. The summed E-state index contributed by atoms with van der Waals surface area (Å²) in [6.45, 7) is 5.04. The topological polar surface area (TPSA) is 72.4 Å². The molecule has 0 aromatic carbocycles. The third kappa shape index (κ3) is 2.72. The summed E-state index contributed by atoms with van der Waals surface area (Å²) in [7, 11) is -2.94. The summed E-state index contributed by atoms with van der Waals surface area (Å²) in [6, 6.07) is 0. The van der Waals surface area contributed by atoms with Crippen molar-refractivity contribution < 1.29 is 13.2 Å². The SMILES string of the molecule is CCOc1cncc(N2CCS(=O)(=O)C(C)C2)n1. The van der Waals surface area contributed by atoms with Crippen LogP contribution in [0.5, 0.6) is 5.88 Å². The second kappa shape index (κ2) is 5.09. The van der Waals surface area contributed by atoms with Crippen molar-refractivity contribution in [2.45, 2.75) is 19.1 Å². The van der Waals surface area contributed by atoms with Crippen LogP contribution in [0.4, 0.5) is 5.82 Å². The monoisotopic (exact) mass is 271 g/mol. The van der Waals surface area contributed by atoms with Gasteiger partial charge in [0.1, 0.15) is 0 Å². The van der Waals surface area contributed by atoms with E-state index in [2.05, 4.69) is 9.97 Å². The van der Waals surface area contributed by atoms with Crippen LogP contribution in [-0.4, -0.2) is 49.1 Å². The molecule has 0 N–H and O–H groups in total. The van der Waals surface area contributed by atoms with Gasteiger partial charge >= 0.3 is 0 Å². The lowest BCUT2D eigenvalue weighted by Crippen LogP contribution is -2.45. The van der Waals surface area contributed by atoms with Crippen molar-refractivity contribution >= 4 is 15.7 Å². The molecular weight excluding hydrogens is 254 g/mol. The first-order chi connectivity index (χ1) is 8.53. The normalized spacial score (nSPS) is 22.8. The van der Waals surface area contributed by atoms with Crippen LogP contribution in [-0.2, 0) is 9.84 Å². The Kier molecular flexibility index (Phi) is 3.70. The van der Waals surface area contributed by atoms with Gasteiger partial charge in [-0.15, -0.1) is 0 Å². The summed E-state index contributed by atoms with van der Waals surface area (Å²) in [5.41, 5.74) is 0. The summed E-state index contributed by atoms with van der Waals surface area (Å²) in [5, 5.41) is -0.371. The number of hydrogen-bond donors (Lipinski definition) is 0. The fourth-order valence-corrected chi connectivity index (χ4v) is 3.15. The molecule has 0 bridgehead atoms. The van der Waals surface area contributed by atoms with Crippen LogP contribution >= 0.6 is 0 Å². The zero-order valence-electron chi connectivity index (χ0n) is 10.5. The largest absolute Gasteiger partial charge is 0.477 e. The molecule has 7 heteroatoms. The molecule has 1 saturated heterocycles. The van der Waals surface area contributed by atoms with Gasteiger partial charge in [0.15, 0.2) is 15.7 Å². The van der Waals surface area contributed by atoms with E-state index in [-0.39, 0.29) is 11.0 Å². The first-order valence-electron chi connectivity index (χ1n) is 5.94. The molecule has 6 nitrogen and oxygen atoms in total. The molecular formula is C11H17N3O3S. The third-order valence-corrected chi connectivity index (χ3v) is 5.08. The molecule has 1 fully saturated rings. The van der Waals surface area contributed by atoms with Gasteiger partial charge in [0.2, 0.25) is 5.88 Å². The molecule has 2 rings (SSSR count). The van der Waals surface area contributed by atoms with Gasteiger partial charge < -0.3 is 9.64 Å². The highest BCUT2D eigenvalue weighted by Crippen LogP contribution is 2.19. The number of ether oxygens (including phenoxy) is 1. The lowest BCUT2D eigenvalue weighted by molar-refractivity contribution is 0.325. The van der Waals surface area contributed by atoms with Crippen molar-refractivity contribution in [3.05, 3.63) is 12.4 Å². The van der Waals surface area contributed by atoms with E-state index in [9.17, 15) is 8.42 Å². The van der Waals surface area contributed by atoms with Gasteiger partial charge in [-0.05, 0) is 13.8 Å². The summed E-state index contributed by atoms with van der Waals surface area (Å²) < 4.78 is 28.6. The Balaban J connectivity index is 2.15. The number of sulfone groups is 1. The molecule has 18 heavy (non-hydrogen) atoms. The first-order valence-corrected chi connectivity index (χ1v) is 7.66. The average molecular weight is 271 g/mol. The highest BCUT2D eigenvalue weighted by Gasteiger charge is 2.30. The minimum absolute atomic E-state index is 0.161. The van der Waals surface area contributed by atoms with Crippen molar-refractivity contribution in [2.24, 2.45) is 0 Å². The van der Waals surface area contributed by atoms with Gasteiger partial charge in [0, 0.05) is 13.1 Å². The van der Waals surface area contributed by atoms with Crippen molar-refractivity contribution in [2.75, 3.05) is 30.3 Å². The molecule has 100 valence electrons. The Morgan fingerprint density at radius 3 is 2.94 bits per heavy atom. The van der Waals surface area contributed by atoms with Crippen LogP contribution in [0.1, 0.15) is 13.8 Å². The fourth-order valence-electron chi connectivity index (χ4n) is 1.87. The van der Waals surface area contributed by atoms with E-state index in [0.29, 0.717) is 31.4 Å². The maximum atomic E-state index is 11.6. The van der Waals surface area contributed by atoms with Gasteiger partial charge in [0.25, 0.3) is 0 Å². The summed E-state index contributed by atoms with van der Waals surface area (Å²) in [6.07, 6.45) is 3.18. The van der Waals surface area contributed by atoms with Gasteiger partial charge in [-0.3, -0.25) is 4.98 Å². The van der Waals surface area contributed by atoms with E-state index in [1.165, 1.54) is 0 Å². The molecule has 1 unspecified atom stereocenters. The molecule has 1 aliphatic heterocycles. The molecule has 1 aliphatic rings. The van der Waals surface area contributed by atoms with Gasteiger partial charge in [-0.25, -0.2) is 8.42 Å². The molecule has 0 saturated carbocycles. The second-order valence-corrected chi connectivity index (χ2v) is 6.81. The molecule has 1 atom stereocenters. The van der Waals surface area contributed by atoms with Gasteiger partial charge in [-0.1, -0.05) is 0 Å². The van der Waals surface area contributed by atoms with E-state index < -0.39 is 9.84 Å². The summed E-state index contributed by atoms with van der Waals surface area (Å²) >= 11 is 0. The molecule has 0 radical (unpaired) electrons. The molecule has 2 heterocycles. The minimum atomic E-state index is -2.94. The highest BCUT2D eigenvalue weighted by atomic mass is 32.2. The number of nitrogens with zero attached hydrogens (tertiary/aromatic N) is 3. The molecule has 1 aromatic rings. The summed E-state index contributed by atoms with van der Waals surface area (Å²) in [5.74, 6) is 1.30. The second-order valence-electron chi connectivity index (χ2n) is 4.27. The Morgan fingerprint density at radius 1 is 1.50 bits per heavy atom. The fraction of sp³-hybridized carbons (Fsp3) is 0.636. The standard InChI is InChI=1S/C11H17N3O3S/c1-3-17-11-7-12-6-10(13-11)14-4-5-18(15,16)9(2)8-14/h6-7,9H,3-5,8H2,1-2H3. The number of aromatic nitrogens is 2. The molecule has 0 amide bonds. The molecule has 0 aliphatic carbocycles. The van der Waals surface area contributed by atoms with E-state index in [1.54, 1.807) is 19.3 Å². The zero-order chi connectivity index (χ0) is 13.2. The van der Waals surface area contributed by atoms with Crippen LogP contribution in [0.3, 0.4) is 0 Å². The number of anilines is 1. The van der Waals surface area contributed by atoms with Crippen molar-refractivity contribution in [1.29, 1.82) is 0 Å². The molecule has 0 spiro atoms. The smallest absolute Gasteiger partial charge is 0.234 e. The lowest BCUT2D eigenvalue weighted by Gasteiger charge is -2.31. The molecule has 1 aromatic heterocycles. The number of rotatable bonds is 3. The van der Waals surface area contributed by atoms with E-state index in [0.717, 1.165) is 0 Å². The van der Waals surface area contributed by atoms with Crippen LogP contribution in [0, 0.1) is 0 Å². The van der Waals surface area contributed by atoms with Crippen LogP contribution in [0.25, 0.3) is 0 Å². The van der Waals surface area contributed by atoms with Crippen LogP contribution < -0.4 is 9.64 Å². The third-order valence-electron chi connectivity index (χ3n) is 2.95. The van der Waals surface area contributed by atoms with E-state index in [1.807, 2.05) is 11.8 Å². The van der Waals surface area contributed by atoms with Crippen molar-refractivity contribution in [1.82, 2.24) is 9.97 Å². The van der Waals surface area contributed by atoms with Gasteiger partial charge in [-0.2, -0.15) is 4.98 Å². The zero-order valence-corrected chi connectivity index (χ0v) is 11.4. The minimum Gasteiger partial charge on any atom is -0.477 e. The lowest BCUT2D eigenvalue weighted by atomic mass is 10.4. The predicted octanol–water partition coefficient (Wildman–Crippen LogP) is 0.499. The van der Waals surface area contributed by atoms with Crippen molar-refractivity contribution in [3.8, 4) is 5.88 Å². The number of hydrogen-bond acceptors (Lipinski definition) is 6. The van der Waals surface area contributed by atoms with Crippen LogP contribution in [0.15, 0.2) is 12.4 Å². The predicted molar refractivity (Wildman–Crippen MR) is 68.7 cm³/mol. The quantitative estimate of drug-likeness (QED) is 0.797. The average Bonchev–Trinajstić information content (AvgIpc) is 2.33. The Morgan fingerprint density at radius 2 is 2.28 bits per heavy atom. The van der Waals surface area contributed by atoms with Crippen molar-refractivity contribution in [3.63, 3.8) is 0 Å². The highest BCUT2D eigenvalue weighted by molar-refractivity contribution is 7.92. The van der Waals surface area contributed by atoms with E-state index in [4.69, 9.17) is 4.74 Å². The maximum Gasteiger partial charge on any atom is 0.234 e. The van der Waals surface area contributed by atoms with E-state index >= 15 is 0 Å². The van der Waals surface area contributed by atoms with Crippen LogP contribution in [0.2, 0.25) is 0 Å². The Hall–Kier alpha value is -1.37. The Bertz CT molecular complexity index is 518. The maximum absolute atomic E-state index is 11.6. The summed E-state index contributed by atoms with van der Waals surface area (Å²) in [4.78, 5) is 10.3. The Labute approximate surface area is 107 Å².